The maximum absolute atomic E-state index is 5.38. The quantitative estimate of drug-likeness (QED) is 0.621. The SMILES string of the molecule is C=C=Cn1c(-c2ccco2)nc2ccccc21. The van der Waals surface area contributed by atoms with Crippen LogP contribution in [0, 0.1) is 0 Å². The van der Waals surface area contributed by atoms with Gasteiger partial charge >= 0.3 is 0 Å². The molecule has 2 heterocycles. The predicted molar refractivity (Wildman–Crippen MR) is 67.3 cm³/mol. The highest BCUT2D eigenvalue weighted by molar-refractivity contribution is 5.82. The normalized spacial score (nSPS) is 10.4. The molecule has 0 unspecified atom stereocenters. The van der Waals surface area contributed by atoms with E-state index in [4.69, 9.17) is 4.42 Å². The van der Waals surface area contributed by atoms with E-state index in [0.717, 1.165) is 22.6 Å². The highest BCUT2D eigenvalue weighted by Crippen LogP contribution is 2.25. The zero-order valence-corrected chi connectivity index (χ0v) is 9.13. The monoisotopic (exact) mass is 222 g/mol. The Kier molecular flexibility index (Phi) is 2.18. The summed E-state index contributed by atoms with van der Waals surface area (Å²) in [6.07, 6.45) is 3.39. The van der Waals surface area contributed by atoms with Crippen molar-refractivity contribution in [1.82, 2.24) is 9.55 Å². The number of para-hydroxylation sites is 2. The zero-order valence-electron chi connectivity index (χ0n) is 9.13. The van der Waals surface area contributed by atoms with E-state index < -0.39 is 0 Å². The Morgan fingerprint density at radius 2 is 2.12 bits per heavy atom. The van der Waals surface area contributed by atoms with Gasteiger partial charge in [-0.2, -0.15) is 0 Å². The molecule has 0 spiro atoms. The molecule has 82 valence electrons. The first-order valence-corrected chi connectivity index (χ1v) is 5.27. The Morgan fingerprint density at radius 1 is 1.24 bits per heavy atom. The molecule has 17 heavy (non-hydrogen) atoms. The number of rotatable bonds is 2. The molecule has 0 atom stereocenters. The van der Waals surface area contributed by atoms with Crippen molar-refractivity contribution in [3.05, 3.63) is 55.0 Å². The Morgan fingerprint density at radius 3 is 2.88 bits per heavy atom. The number of imidazole rings is 1. The number of nitrogens with zero attached hydrogens (tertiary/aromatic N) is 2. The standard InChI is InChI=1S/C14H10N2O/c1-2-9-16-12-7-4-3-6-11(12)15-14(16)13-8-5-10-17-13/h3-10H,1H2. The number of hydrogen-bond acceptors (Lipinski definition) is 2. The van der Waals surface area contributed by atoms with Crippen LogP contribution in [0.4, 0.5) is 0 Å². The highest BCUT2D eigenvalue weighted by atomic mass is 16.3. The van der Waals surface area contributed by atoms with Crippen LogP contribution in [0.3, 0.4) is 0 Å². The van der Waals surface area contributed by atoms with Crippen molar-refractivity contribution in [1.29, 1.82) is 0 Å². The molecule has 3 nitrogen and oxygen atoms in total. The fourth-order valence-electron chi connectivity index (χ4n) is 1.85. The van der Waals surface area contributed by atoms with E-state index in [-0.39, 0.29) is 0 Å². The van der Waals surface area contributed by atoms with Crippen LogP contribution in [0.2, 0.25) is 0 Å². The Labute approximate surface area is 98.3 Å². The van der Waals surface area contributed by atoms with Crippen molar-refractivity contribution >= 4 is 17.2 Å². The van der Waals surface area contributed by atoms with E-state index in [1.54, 1.807) is 12.5 Å². The Balaban J connectivity index is 2.37. The van der Waals surface area contributed by atoms with Gasteiger partial charge in [0.2, 0.25) is 0 Å². The van der Waals surface area contributed by atoms with Gasteiger partial charge in [0.25, 0.3) is 0 Å². The van der Waals surface area contributed by atoms with Crippen LogP contribution < -0.4 is 0 Å². The van der Waals surface area contributed by atoms with Gasteiger partial charge in [-0.1, -0.05) is 18.7 Å². The Hall–Kier alpha value is -2.51. The van der Waals surface area contributed by atoms with Crippen molar-refractivity contribution in [2.24, 2.45) is 0 Å². The van der Waals surface area contributed by atoms with Gasteiger partial charge in [-0.3, -0.25) is 4.57 Å². The topological polar surface area (TPSA) is 31.0 Å². The fourth-order valence-corrected chi connectivity index (χ4v) is 1.85. The van der Waals surface area contributed by atoms with Gasteiger partial charge in [0, 0.05) is 0 Å². The minimum absolute atomic E-state index is 0.729. The van der Waals surface area contributed by atoms with Crippen LogP contribution in [-0.2, 0) is 0 Å². The lowest BCUT2D eigenvalue weighted by Crippen LogP contribution is -1.89. The van der Waals surface area contributed by atoms with Gasteiger partial charge in [-0.25, -0.2) is 4.98 Å². The predicted octanol–water partition coefficient (Wildman–Crippen LogP) is 3.55. The first-order valence-electron chi connectivity index (χ1n) is 5.27. The van der Waals surface area contributed by atoms with Crippen LogP contribution in [-0.4, -0.2) is 9.55 Å². The molecule has 2 aromatic heterocycles. The van der Waals surface area contributed by atoms with Crippen LogP contribution >= 0.6 is 0 Å². The lowest BCUT2D eigenvalue weighted by Gasteiger charge is -1.98. The maximum Gasteiger partial charge on any atom is 0.181 e. The summed E-state index contributed by atoms with van der Waals surface area (Å²) in [6.45, 7) is 3.61. The largest absolute Gasteiger partial charge is 0.461 e. The third-order valence-electron chi connectivity index (χ3n) is 2.56. The van der Waals surface area contributed by atoms with E-state index in [9.17, 15) is 0 Å². The van der Waals surface area contributed by atoms with Crippen molar-refractivity contribution < 1.29 is 4.42 Å². The molecule has 0 bridgehead atoms. The maximum atomic E-state index is 5.38. The second-order valence-corrected chi connectivity index (χ2v) is 3.60. The molecule has 0 aliphatic heterocycles. The van der Waals surface area contributed by atoms with Crippen LogP contribution in [0.1, 0.15) is 0 Å². The molecular formula is C14H10N2O. The number of furan rings is 1. The first-order chi connectivity index (χ1) is 8.40. The lowest BCUT2D eigenvalue weighted by molar-refractivity contribution is 0.577. The fraction of sp³-hybridized carbons (Fsp3) is 0. The molecule has 0 N–H and O–H groups in total. The van der Waals surface area contributed by atoms with Crippen molar-refractivity contribution in [2.75, 3.05) is 0 Å². The molecule has 3 rings (SSSR count). The second-order valence-electron chi connectivity index (χ2n) is 3.60. The van der Waals surface area contributed by atoms with E-state index in [1.165, 1.54) is 0 Å². The van der Waals surface area contributed by atoms with E-state index in [0.29, 0.717) is 0 Å². The van der Waals surface area contributed by atoms with Crippen LogP contribution in [0.5, 0.6) is 0 Å². The summed E-state index contributed by atoms with van der Waals surface area (Å²) in [7, 11) is 0. The molecule has 0 aliphatic rings. The van der Waals surface area contributed by atoms with Gasteiger partial charge in [-0.05, 0) is 24.3 Å². The molecule has 0 saturated heterocycles. The molecule has 0 saturated carbocycles. The zero-order chi connectivity index (χ0) is 11.7. The average molecular weight is 222 g/mol. The lowest BCUT2D eigenvalue weighted by atomic mass is 10.3. The highest BCUT2D eigenvalue weighted by Gasteiger charge is 2.12. The summed E-state index contributed by atoms with van der Waals surface area (Å²) in [6, 6.07) is 11.6. The molecule has 0 fully saturated rings. The number of aromatic nitrogens is 2. The van der Waals surface area contributed by atoms with Gasteiger partial charge in [0.05, 0.1) is 23.5 Å². The van der Waals surface area contributed by atoms with Crippen LogP contribution in [0.25, 0.3) is 28.8 Å². The van der Waals surface area contributed by atoms with Crippen molar-refractivity contribution in [3.8, 4) is 11.6 Å². The molecule has 1 aromatic carbocycles. The number of hydrogen-bond donors (Lipinski definition) is 0. The first kappa shape index (κ1) is 9.70. The van der Waals surface area contributed by atoms with Crippen molar-refractivity contribution in [3.63, 3.8) is 0 Å². The minimum atomic E-state index is 0.729. The number of fused-ring (bicyclic) bond motifs is 1. The molecular weight excluding hydrogens is 212 g/mol. The van der Waals surface area contributed by atoms with Gasteiger partial charge in [-0.15, -0.1) is 5.73 Å². The average Bonchev–Trinajstić information content (AvgIpc) is 2.97. The molecule has 3 aromatic rings. The van der Waals surface area contributed by atoms with Crippen molar-refractivity contribution in [2.45, 2.75) is 0 Å². The second kappa shape index (κ2) is 3.81. The van der Waals surface area contributed by atoms with Gasteiger partial charge < -0.3 is 4.42 Å². The van der Waals surface area contributed by atoms with Gasteiger partial charge in [0.15, 0.2) is 11.6 Å². The summed E-state index contributed by atoms with van der Waals surface area (Å²) >= 11 is 0. The summed E-state index contributed by atoms with van der Waals surface area (Å²) in [4.78, 5) is 4.54. The third-order valence-corrected chi connectivity index (χ3v) is 2.56. The molecule has 0 amide bonds. The van der Waals surface area contributed by atoms with Crippen LogP contribution in [0.15, 0.2) is 59.4 Å². The molecule has 0 aliphatic carbocycles. The van der Waals surface area contributed by atoms with E-state index in [2.05, 4.69) is 17.3 Å². The summed E-state index contributed by atoms with van der Waals surface area (Å²) in [5, 5.41) is 0. The third kappa shape index (κ3) is 1.50. The smallest absolute Gasteiger partial charge is 0.181 e. The summed E-state index contributed by atoms with van der Waals surface area (Å²) in [5.74, 6) is 1.49. The molecule has 0 radical (unpaired) electrons. The summed E-state index contributed by atoms with van der Waals surface area (Å²) in [5.41, 5.74) is 4.70. The number of benzene rings is 1. The Bertz CT molecular complexity index is 701. The molecule has 3 heteroatoms. The van der Waals surface area contributed by atoms with E-state index in [1.807, 2.05) is 41.0 Å². The summed E-state index contributed by atoms with van der Waals surface area (Å²) < 4.78 is 7.30. The minimum Gasteiger partial charge on any atom is -0.461 e. The van der Waals surface area contributed by atoms with E-state index >= 15 is 0 Å². The van der Waals surface area contributed by atoms with Gasteiger partial charge in [0.1, 0.15) is 0 Å².